The first kappa shape index (κ1) is 13.0. The lowest BCUT2D eigenvalue weighted by atomic mass is 10.2. The molecule has 18 heavy (non-hydrogen) atoms. The monoisotopic (exact) mass is 267 g/mol. The molecule has 0 saturated carbocycles. The summed E-state index contributed by atoms with van der Waals surface area (Å²) in [7, 11) is 1.76. The fourth-order valence-corrected chi connectivity index (χ4v) is 2.34. The van der Waals surface area contributed by atoms with Crippen molar-refractivity contribution in [1.82, 2.24) is 25.5 Å². The number of hydrogen-bond acceptors (Lipinski definition) is 5. The first-order chi connectivity index (χ1) is 8.72. The number of halogens is 1. The van der Waals surface area contributed by atoms with Crippen LogP contribution in [0.25, 0.3) is 0 Å². The molecule has 0 aliphatic heterocycles. The lowest BCUT2D eigenvalue weighted by Crippen LogP contribution is -2.13. The molecule has 0 saturated heterocycles. The summed E-state index contributed by atoms with van der Waals surface area (Å²) in [5.41, 5.74) is 0.646. The van der Waals surface area contributed by atoms with E-state index in [9.17, 15) is 4.39 Å². The molecule has 0 fully saturated rings. The molecule has 0 bridgehead atoms. The lowest BCUT2D eigenvalue weighted by molar-refractivity contribution is 0.585. The SMILES string of the molecule is CCNCc1c(F)cccc1Sc1nnnn1C. The Labute approximate surface area is 109 Å². The Morgan fingerprint density at radius 3 is 2.94 bits per heavy atom. The van der Waals surface area contributed by atoms with Crippen LogP contribution in [0.1, 0.15) is 12.5 Å². The summed E-state index contributed by atoms with van der Waals surface area (Å²) in [5, 5.41) is 15.0. The van der Waals surface area contributed by atoms with Gasteiger partial charge in [0.1, 0.15) is 5.82 Å². The minimum Gasteiger partial charge on any atom is -0.313 e. The van der Waals surface area contributed by atoms with Gasteiger partial charge in [0.25, 0.3) is 0 Å². The van der Waals surface area contributed by atoms with E-state index in [1.807, 2.05) is 13.0 Å². The van der Waals surface area contributed by atoms with E-state index in [0.29, 0.717) is 17.3 Å². The molecule has 0 aliphatic rings. The van der Waals surface area contributed by atoms with Crippen LogP contribution < -0.4 is 5.32 Å². The fraction of sp³-hybridized carbons (Fsp3) is 0.364. The third-order valence-electron chi connectivity index (χ3n) is 2.41. The smallest absolute Gasteiger partial charge is 0.213 e. The van der Waals surface area contributed by atoms with E-state index in [1.54, 1.807) is 17.8 Å². The van der Waals surface area contributed by atoms with E-state index in [2.05, 4.69) is 20.8 Å². The van der Waals surface area contributed by atoms with Gasteiger partial charge in [0, 0.05) is 24.1 Å². The summed E-state index contributed by atoms with van der Waals surface area (Å²) in [6.45, 7) is 3.28. The van der Waals surface area contributed by atoms with Crippen molar-refractivity contribution in [2.45, 2.75) is 23.5 Å². The Balaban J connectivity index is 2.26. The van der Waals surface area contributed by atoms with Crippen molar-refractivity contribution in [3.8, 4) is 0 Å². The second-order valence-corrected chi connectivity index (χ2v) is 4.69. The number of nitrogens with zero attached hydrogens (tertiary/aromatic N) is 4. The van der Waals surface area contributed by atoms with Gasteiger partial charge in [0.15, 0.2) is 0 Å². The molecule has 0 unspecified atom stereocenters. The Morgan fingerprint density at radius 2 is 2.28 bits per heavy atom. The zero-order chi connectivity index (χ0) is 13.0. The molecule has 0 radical (unpaired) electrons. The van der Waals surface area contributed by atoms with Gasteiger partial charge in [-0.2, -0.15) is 0 Å². The van der Waals surface area contributed by atoms with Crippen molar-refractivity contribution >= 4 is 11.8 Å². The molecule has 0 aliphatic carbocycles. The van der Waals surface area contributed by atoms with E-state index >= 15 is 0 Å². The minimum atomic E-state index is -0.212. The molecule has 5 nitrogen and oxygen atoms in total. The average molecular weight is 267 g/mol. The molecular formula is C11H14FN5S. The van der Waals surface area contributed by atoms with E-state index in [-0.39, 0.29) is 5.82 Å². The number of tetrazole rings is 1. The molecule has 1 aromatic heterocycles. The highest BCUT2D eigenvalue weighted by Crippen LogP contribution is 2.29. The summed E-state index contributed by atoms with van der Waals surface area (Å²) >= 11 is 1.36. The van der Waals surface area contributed by atoms with Crippen molar-refractivity contribution in [3.63, 3.8) is 0 Å². The normalized spacial score (nSPS) is 10.8. The third-order valence-corrected chi connectivity index (χ3v) is 3.54. The van der Waals surface area contributed by atoms with Crippen LogP contribution in [0.2, 0.25) is 0 Å². The summed E-state index contributed by atoms with van der Waals surface area (Å²) in [4.78, 5) is 0.828. The predicted molar refractivity (Wildman–Crippen MR) is 66.7 cm³/mol. The van der Waals surface area contributed by atoms with Crippen molar-refractivity contribution in [2.75, 3.05) is 6.54 Å². The molecule has 96 valence electrons. The van der Waals surface area contributed by atoms with E-state index in [4.69, 9.17) is 0 Å². The van der Waals surface area contributed by atoms with Gasteiger partial charge in [-0.05, 0) is 40.9 Å². The molecular weight excluding hydrogens is 253 g/mol. The van der Waals surface area contributed by atoms with Gasteiger partial charge >= 0.3 is 0 Å². The second-order valence-electron chi connectivity index (χ2n) is 3.68. The first-order valence-corrected chi connectivity index (χ1v) is 6.42. The van der Waals surface area contributed by atoms with Gasteiger partial charge in [-0.15, -0.1) is 5.10 Å². The molecule has 1 aromatic carbocycles. The summed E-state index contributed by atoms with van der Waals surface area (Å²) in [6, 6.07) is 5.03. The van der Waals surface area contributed by atoms with Crippen LogP contribution in [-0.4, -0.2) is 26.8 Å². The standard InChI is InChI=1S/C11H14FN5S/c1-3-13-7-8-9(12)5-4-6-10(8)18-11-14-15-16-17(11)2/h4-6,13H,3,7H2,1-2H3. The molecule has 7 heteroatoms. The van der Waals surface area contributed by atoms with E-state index in [0.717, 1.165) is 11.4 Å². The van der Waals surface area contributed by atoms with Gasteiger partial charge in [0.05, 0.1) is 0 Å². The van der Waals surface area contributed by atoms with E-state index in [1.165, 1.54) is 17.8 Å². The Hall–Kier alpha value is -1.47. The lowest BCUT2D eigenvalue weighted by Gasteiger charge is -2.09. The fourth-order valence-electron chi connectivity index (χ4n) is 1.46. The van der Waals surface area contributed by atoms with Crippen LogP contribution in [0, 0.1) is 5.82 Å². The maximum atomic E-state index is 13.8. The number of benzene rings is 1. The maximum Gasteiger partial charge on any atom is 0.213 e. The predicted octanol–water partition coefficient (Wildman–Crippen LogP) is 1.61. The van der Waals surface area contributed by atoms with Crippen LogP contribution in [-0.2, 0) is 13.6 Å². The summed E-state index contributed by atoms with van der Waals surface area (Å²) < 4.78 is 15.4. The van der Waals surface area contributed by atoms with Crippen LogP contribution in [0.5, 0.6) is 0 Å². The van der Waals surface area contributed by atoms with Crippen molar-refractivity contribution in [3.05, 3.63) is 29.6 Å². The molecule has 1 heterocycles. The van der Waals surface area contributed by atoms with Gasteiger partial charge in [0.2, 0.25) is 5.16 Å². The molecule has 0 spiro atoms. The Kier molecular flexibility index (Phi) is 4.27. The third kappa shape index (κ3) is 2.85. The highest BCUT2D eigenvalue weighted by atomic mass is 32.2. The van der Waals surface area contributed by atoms with Crippen molar-refractivity contribution < 1.29 is 4.39 Å². The second kappa shape index (κ2) is 5.92. The molecule has 0 atom stereocenters. The first-order valence-electron chi connectivity index (χ1n) is 5.60. The minimum absolute atomic E-state index is 0.212. The van der Waals surface area contributed by atoms with Crippen LogP contribution in [0.3, 0.4) is 0 Å². The van der Waals surface area contributed by atoms with Gasteiger partial charge < -0.3 is 5.32 Å². The number of rotatable bonds is 5. The number of nitrogens with one attached hydrogen (secondary N) is 1. The number of aromatic nitrogens is 4. The topological polar surface area (TPSA) is 55.6 Å². The van der Waals surface area contributed by atoms with Gasteiger partial charge in [-0.25, -0.2) is 9.07 Å². The van der Waals surface area contributed by atoms with Gasteiger partial charge in [-0.1, -0.05) is 13.0 Å². The van der Waals surface area contributed by atoms with Crippen LogP contribution in [0.4, 0.5) is 4.39 Å². The van der Waals surface area contributed by atoms with Crippen molar-refractivity contribution in [1.29, 1.82) is 0 Å². The number of hydrogen-bond donors (Lipinski definition) is 1. The van der Waals surface area contributed by atoms with Crippen molar-refractivity contribution in [2.24, 2.45) is 7.05 Å². The van der Waals surface area contributed by atoms with Gasteiger partial charge in [-0.3, -0.25) is 0 Å². The van der Waals surface area contributed by atoms with E-state index < -0.39 is 0 Å². The average Bonchev–Trinajstić information content (AvgIpc) is 2.74. The Morgan fingerprint density at radius 1 is 1.44 bits per heavy atom. The zero-order valence-corrected chi connectivity index (χ0v) is 11.0. The summed E-state index contributed by atoms with van der Waals surface area (Å²) in [5.74, 6) is -0.212. The molecule has 2 rings (SSSR count). The highest BCUT2D eigenvalue weighted by molar-refractivity contribution is 7.99. The number of aryl methyl sites for hydroxylation is 1. The molecule has 0 amide bonds. The Bertz CT molecular complexity index is 528. The molecule has 1 N–H and O–H groups in total. The summed E-state index contributed by atoms with van der Waals surface area (Å²) in [6.07, 6.45) is 0. The molecule has 2 aromatic rings. The largest absolute Gasteiger partial charge is 0.313 e. The van der Waals surface area contributed by atoms with Crippen LogP contribution >= 0.6 is 11.8 Å². The highest BCUT2D eigenvalue weighted by Gasteiger charge is 2.12. The maximum absolute atomic E-state index is 13.8. The van der Waals surface area contributed by atoms with Crippen LogP contribution in [0.15, 0.2) is 28.3 Å². The zero-order valence-electron chi connectivity index (χ0n) is 10.2. The quantitative estimate of drug-likeness (QED) is 0.892.